The van der Waals surface area contributed by atoms with Gasteiger partial charge in [0.05, 0.1) is 5.92 Å². The van der Waals surface area contributed by atoms with Crippen molar-refractivity contribution in [3.05, 3.63) is 35.6 Å². The summed E-state index contributed by atoms with van der Waals surface area (Å²) in [6.45, 7) is 3.74. The second kappa shape index (κ2) is 8.09. The highest BCUT2D eigenvalue weighted by atomic mass is 19.1. The van der Waals surface area contributed by atoms with Crippen molar-refractivity contribution >= 4 is 11.8 Å². The van der Waals surface area contributed by atoms with E-state index in [9.17, 15) is 14.0 Å². The first kappa shape index (κ1) is 17.4. The van der Waals surface area contributed by atoms with Crippen LogP contribution < -0.4 is 0 Å². The summed E-state index contributed by atoms with van der Waals surface area (Å²) in [7, 11) is 1.80. The van der Waals surface area contributed by atoms with E-state index in [0.717, 1.165) is 24.9 Å². The van der Waals surface area contributed by atoms with Crippen LogP contribution in [0.5, 0.6) is 0 Å². The summed E-state index contributed by atoms with van der Waals surface area (Å²) < 4.78 is 12.9. The zero-order valence-corrected chi connectivity index (χ0v) is 13.9. The van der Waals surface area contributed by atoms with Gasteiger partial charge < -0.3 is 9.80 Å². The van der Waals surface area contributed by atoms with E-state index in [1.165, 1.54) is 12.1 Å². The maximum absolute atomic E-state index is 12.9. The van der Waals surface area contributed by atoms with Crippen molar-refractivity contribution in [1.82, 2.24) is 9.80 Å². The first-order valence-corrected chi connectivity index (χ1v) is 8.28. The van der Waals surface area contributed by atoms with Crippen LogP contribution in [-0.2, 0) is 16.0 Å². The number of nitrogens with zero attached hydrogens (tertiary/aromatic N) is 2. The Morgan fingerprint density at radius 2 is 2.00 bits per heavy atom. The second-order valence-electron chi connectivity index (χ2n) is 6.17. The van der Waals surface area contributed by atoms with E-state index in [4.69, 9.17) is 0 Å². The molecule has 1 unspecified atom stereocenters. The molecule has 126 valence electrons. The monoisotopic (exact) mass is 320 g/mol. The number of likely N-dealkylation sites (tertiary alicyclic amines) is 1. The van der Waals surface area contributed by atoms with Crippen molar-refractivity contribution in [2.45, 2.75) is 32.6 Å². The molecule has 1 aliphatic rings. The molecule has 1 fully saturated rings. The molecule has 5 heteroatoms. The van der Waals surface area contributed by atoms with Crippen LogP contribution in [0.1, 0.15) is 31.7 Å². The summed E-state index contributed by atoms with van der Waals surface area (Å²) in [5.74, 6) is -0.129. The minimum Gasteiger partial charge on any atom is -0.345 e. The van der Waals surface area contributed by atoms with Gasteiger partial charge in [-0.3, -0.25) is 9.59 Å². The second-order valence-corrected chi connectivity index (χ2v) is 6.17. The molecule has 1 aromatic carbocycles. The van der Waals surface area contributed by atoms with Gasteiger partial charge in [-0.2, -0.15) is 0 Å². The number of halogens is 1. The first-order chi connectivity index (χ1) is 11.0. The van der Waals surface area contributed by atoms with Gasteiger partial charge in [-0.1, -0.05) is 19.1 Å². The van der Waals surface area contributed by atoms with Crippen molar-refractivity contribution in [2.75, 3.05) is 26.7 Å². The number of hydrogen-bond donors (Lipinski definition) is 0. The smallest absolute Gasteiger partial charge is 0.227 e. The Morgan fingerprint density at radius 3 is 2.65 bits per heavy atom. The van der Waals surface area contributed by atoms with Crippen LogP contribution >= 0.6 is 0 Å². The highest BCUT2D eigenvalue weighted by molar-refractivity contribution is 5.81. The minimum atomic E-state index is -0.249. The van der Waals surface area contributed by atoms with Crippen LogP contribution in [-0.4, -0.2) is 48.3 Å². The summed E-state index contributed by atoms with van der Waals surface area (Å²) in [6, 6.07) is 6.37. The van der Waals surface area contributed by atoms with Crippen LogP contribution in [0.25, 0.3) is 0 Å². The fraction of sp³-hybridized carbons (Fsp3) is 0.556. The highest BCUT2D eigenvalue weighted by Gasteiger charge is 2.29. The lowest BCUT2D eigenvalue weighted by Crippen LogP contribution is -2.46. The molecule has 0 spiro atoms. The summed E-state index contributed by atoms with van der Waals surface area (Å²) >= 11 is 0. The molecular weight excluding hydrogens is 295 g/mol. The molecule has 0 aliphatic carbocycles. The lowest BCUT2D eigenvalue weighted by molar-refractivity contribution is -0.139. The van der Waals surface area contributed by atoms with Crippen molar-refractivity contribution in [2.24, 2.45) is 5.92 Å². The van der Waals surface area contributed by atoms with Gasteiger partial charge in [0.25, 0.3) is 0 Å². The maximum Gasteiger partial charge on any atom is 0.227 e. The summed E-state index contributed by atoms with van der Waals surface area (Å²) in [5, 5.41) is 0. The molecule has 0 radical (unpaired) electrons. The SMILES string of the molecule is CCC(=O)N1CCCC(C(=O)N(C)CCc2ccc(F)cc2)C1. The third-order valence-corrected chi connectivity index (χ3v) is 4.45. The van der Waals surface area contributed by atoms with E-state index in [1.54, 1.807) is 29.0 Å². The van der Waals surface area contributed by atoms with Gasteiger partial charge in [0.1, 0.15) is 5.82 Å². The van der Waals surface area contributed by atoms with E-state index in [1.807, 2.05) is 6.92 Å². The van der Waals surface area contributed by atoms with E-state index in [2.05, 4.69) is 0 Å². The molecule has 23 heavy (non-hydrogen) atoms. The standard InChI is InChI=1S/C18H25FN2O2/c1-3-17(22)21-11-4-5-15(13-21)18(23)20(2)12-10-14-6-8-16(19)9-7-14/h6-9,15H,3-5,10-13H2,1-2H3. The Hall–Kier alpha value is -1.91. The molecule has 1 aliphatic heterocycles. The number of hydrogen-bond acceptors (Lipinski definition) is 2. The van der Waals surface area contributed by atoms with Crippen LogP contribution in [0, 0.1) is 11.7 Å². The quantitative estimate of drug-likeness (QED) is 0.836. The Kier molecular flexibility index (Phi) is 6.13. The Morgan fingerprint density at radius 1 is 1.30 bits per heavy atom. The maximum atomic E-state index is 12.9. The molecule has 2 rings (SSSR count). The summed E-state index contributed by atoms with van der Waals surface area (Å²) in [6.07, 6.45) is 2.91. The van der Waals surface area contributed by atoms with Gasteiger partial charge in [0.15, 0.2) is 0 Å². The summed E-state index contributed by atoms with van der Waals surface area (Å²) in [5.41, 5.74) is 1.01. The van der Waals surface area contributed by atoms with Gasteiger partial charge in [-0.05, 0) is 37.0 Å². The number of carbonyl (C=O) groups is 2. The average Bonchev–Trinajstić information content (AvgIpc) is 2.59. The predicted octanol–water partition coefficient (Wildman–Crippen LogP) is 2.48. The van der Waals surface area contributed by atoms with Crippen molar-refractivity contribution in [3.63, 3.8) is 0 Å². The van der Waals surface area contributed by atoms with Gasteiger partial charge in [0, 0.05) is 33.1 Å². The number of rotatable bonds is 5. The lowest BCUT2D eigenvalue weighted by Gasteiger charge is -2.34. The third-order valence-electron chi connectivity index (χ3n) is 4.45. The molecule has 1 aromatic rings. The number of benzene rings is 1. The van der Waals surface area contributed by atoms with Crippen LogP contribution in [0.2, 0.25) is 0 Å². The Balaban J connectivity index is 1.86. The molecule has 0 N–H and O–H groups in total. The molecule has 1 atom stereocenters. The molecule has 4 nitrogen and oxygen atoms in total. The average molecular weight is 320 g/mol. The molecular formula is C18H25FN2O2. The molecule has 0 saturated carbocycles. The van der Waals surface area contributed by atoms with Gasteiger partial charge in [-0.15, -0.1) is 0 Å². The zero-order chi connectivity index (χ0) is 16.8. The van der Waals surface area contributed by atoms with Crippen LogP contribution in [0.15, 0.2) is 24.3 Å². The number of carbonyl (C=O) groups excluding carboxylic acids is 2. The van der Waals surface area contributed by atoms with Crippen molar-refractivity contribution < 1.29 is 14.0 Å². The largest absolute Gasteiger partial charge is 0.345 e. The highest BCUT2D eigenvalue weighted by Crippen LogP contribution is 2.19. The first-order valence-electron chi connectivity index (χ1n) is 8.28. The van der Waals surface area contributed by atoms with Crippen molar-refractivity contribution in [3.8, 4) is 0 Å². The molecule has 0 bridgehead atoms. The predicted molar refractivity (Wildman–Crippen MR) is 87.3 cm³/mol. The molecule has 1 saturated heterocycles. The molecule has 1 heterocycles. The van der Waals surface area contributed by atoms with Crippen LogP contribution in [0.3, 0.4) is 0 Å². The molecule has 2 amide bonds. The zero-order valence-electron chi connectivity index (χ0n) is 13.9. The third kappa shape index (κ3) is 4.78. The Bertz CT molecular complexity index is 544. The number of piperidine rings is 1. The fourth-order valence-corrected chi connectivity index (χ4v) is 3.00. The molecule has 0 aromatic heterocycles. The normalized spacial score (nSPS) is 17.9. The van der Waals surface area contributed by atoms with Gasteiger partial charge in [-0.25, -0.2) is 4.39 Å². The van der Waals surface area contributed by atoms with Crippen molar-refractivity contribution in [1.29, 1.82) is 0 Å². The minimum absolute atomic E-state index is 0.0979. The summed E-state index contributed by atoms with van der Waals surface area (Å²) in [4.78, 5) is 27.9. The van der Waals surface area contributed by atoms with Crippen LogP contribution in [0.4, 0.5) is 4.39 Å². The Labute approximate surface area is 137 Å². The van der Waals surface area contributed by atoms with E-state index in [-0.39, 0.29) is 23.5 Å². The number of likely N-dealkylation sites (N-methyl/N-ethyl adjacent to an activating group) is 1. The topological polar surface area (TPSA) is 40.6 Å². The van der Waals surface area contributed by atoms with Gasteiger partial charge >= 0.3 is 0 Å². The van der Waals surface area contributed by atoms with E-state index in [0.29, 0.717) is 25.9 Å². The fourth-order valence-electron chi connectivity index (χ4n) is 3.00. The lowest BCUT2D eigenvalue weighted by atomic mass is 9.96. The number of amides is 2. The van der Waals surface area contributed by atoms with E-state index < -0.39 is 0 Å². The van der Waals surface area contributed by atoms with Gasteiger partial charge in [0.2, 0.25) is 11.8 Å². The van der Waals surface area contributed by atoms with E-state index >= 15 is 0 Å².